The maximum absolute atomic E-state index is 13.7. The fourth-order valence-corrected chi connectivity index (χ4v) is 5.28. The third kappa shape index (κ3) is 5.36. The Hall–Kier alpha value is -3.05. The van der Waals surface area contributed by atoms with Crippen molar-refractivity contribution >= 4 is 62.5 Å². The van der Waals surface area contributed by atoms with Crippen molar-refractivity contribution in [3.8, 4) is 5.75 Å². The largest absolute Gasteiger partial charge is 0.497 e. The molecule has 0 saturated carbocycles. The molecule has 190 valence electrons. The molecule has 3 amide bonds. The molecule has 2 aliphatic heterocycles. The molecule has 1 aromatic heterocycles. The first-order valence-corrected chi connectivity index (χ1v) is 12.4. The van der Waals surface area contributed by atoms with Gasteiger partial charge in [0.25, 0.3) is 5.91 Å². The SMILES string of the molecule is COc1ccc2nc(N(CCN3CCOCC3)C(=O)c3ccc(N4C(=O)CCC4=O)cc3)sc2c1.Cl. The molecule has 0 unspecified atom stereocenters. The van der Waals surface area contributed by atoms with Gasteiger partial charge in [-0.3, -0.25) is 29.1 Å². The van der Waals surface area contributed by atoms with Gasteiger partial charge in [0.15, 0.2) is 5.13 Å². The predicted molar refractivity (Wildman–Crippen MR) is 141 cm³/mol. The lowest BCUT2D eigenvalue weighted by Gasteiger charge is -2.29. The van der Waals surface area contributed by atoms with Crippen LogP contribution in [0.25, 0.3) is 10.2 Å². The average molecular weight is 531 g/mol. The van der Waals surface area contributed by atoms with E-state index in [4.69, 9.17) is 14.5 Å². The number of rotatable bonds is 7. The normalized spacial score (nSPS) is 16.3. The van der Waals surface area contributed by atoms with E-state index in [2.05, 4.69) is 4.90 Å². The highest BCUT2D eigenvalue weighted by Crippen LogP contribution is 2.32. The number of amides is 3. The van der Waals surface area contributed by atoms with Gasteiger partial charge in [-0.15, -0.1) is 12.4 Å². The molecule has 0 radical (unpaired) electrons. The van der Waals surface area contributed by atoms with E-state index < -0.39 is 0 Å². The molecule has 3 heterocycles. The number of halogens is 1. The number of morpholine rings is 1. The molecular weight excluding hydrogens is 504 g/mol. The first-order valence-electron chi connectivity index (χ1n) is 11.6. The minimum Gasteiger partial charge on any atom is -0.497 e. The van der Waals surface area contributed by atoms with Crippen molar-refractivity contribution in [2.45, 2.75) is 12.8 Å². The van der Waals surface area contributed by atoms with Crippen LogP contribution in [0, 0.1) is 0 Å². The summed E-state index contributed by atoms with van der Waals surface area (Å²) >= 11 is 1.44. The van der Waals surface area contributed by atoms with Crippen LogP contribution in [0.2, 0.25) is 0 Å². The van der Waals surface area contributed by atoms with Crippen molar-refractivity contribution < 1.29 is 23.9 Å². The van der Waals surface area contributed by atoms with Crippen molar-refractivity contribution in [2.75, 3.05) is 56.3 Å². The zero-order chi connectivity index (χ0) is 24.4. The smallest absolute Gasteiger partial charge is 0.260 e. The van der Waals surface area contributed by atoms with Gasteiger partial charge in [0.1, 0.15) is 5.75 Å². The highest BCUT2D eigenvalue weighted by molar-refractivity contribution is 7.22. The van der Waals surface area contributed by atoms with Crippen molar-refractivity contribution in [1.82, 2.24) is 9.88 Å². The molecule has 0 bridgehead atoms. The first-order chi connectivity index (χ1) is 17.0. The summed E-state index contributed by atoms with van der Waals surface area (Å²) in [6, 6.07) is 12.3. The maximum atomic E-state index is 13.7. The molecule has 2 saturated heterocycles. The predicted octanol–water partition coefficient (Wildman–Crippen LogP) is 3.36. The van der Waals surface area contributed by atoms with Gasteiger partial charge in [-0.2, -0.15) is 0 Å². The van der Waals surface area contributed by atoms with Crippen LogP contribution in [-0.2, 0) is 14.3 Å². The fraction of sp³-hybridized carbons (Fsp3) is 0.360. The molecule has 5 rings (SSSR count). The molecule has 0 spiro atoms. The van der Waals surface area contributed by atoms with Crippen molar-refractivity contribution in [2.24, 2.45) is 0 Å². The minimum atomic E-state index is -0.217. The summed E-state index contributed by atoms with van der Waals surface area (Å²) in [5, 5.41) is 0.612. The van der Waals surface area contributed by atoms with Crippen LogP contribution in [0.4, 0.5) is 10.8 Å². The summed E-state index contributed by atoms with van der Waals surface area (Å²) in [6.45, 7) is 4.19. The number of anilines is 2. The summed E-state index contributed by atoms with van der Waals surface area (Å²) in [4.78, 5) is 47.7. The summed E-state index contributed by atoms with van der Waals surface area (Å²) < 4.78 is 11.7. The van der Waals surface area contributed by atoms with Crippen LogP contribution in [0.15, 0.2) is 42.5 Å². The van der Waals surface area contributed by atoms with Crippen molar-refractivity contribution in [3.63, 3.8) is 0 Å². The van der Waals surface area contributed by atoms with Gasteiger partial charge < -0.3 is 9.47 Å². The van der Waals surface area contributed by atoms with Gasteiger partial charge in [-0.1, -0.05) is 11.3 Å². The molecule has 2 fully saturated rings. The molecule has 2 aromatic carbocycles. The first kappa shape index (κ1) is 26.0. The van der Waals surface area contributed by atoms with E-state index in [0.29, 0.717) is 42.7 Å². The maximum Gasteiger partial charge on any atom is 0.260 e. The second-order valence-electron chi connectivity index (χ2n) is 8.41. The summed E-state index contributed by atoms with van der Waals surface area (Å²) in [7, 11) is 1.62. The number of aromatic nitrogens is 1. The molecule has 2 aliphatic rings. The van der Waals surface area contributed by atoms with E-state index >= 15 is 0 Å². The van der Waals surface area contributed by atoms with E-state index in [9.17, 15) is 14.4 Å². The molecule has 11 heteroatoms. The summed E-state index contributed by atoms with van der Waals surface area (Å²) in [6.07, 6.45) is 0.439. The Balaban J connectivity index is 0.00000304. The molecule has 9 nitrogen and oxygen atoms in total. The third-order valence-corrected chi connectivity index (χ3v) is 7.27. The Morgan fingerprint density at radius 3 is 2.44 bits per heavy atom. The zero-order valence-electron chi connectivity index (χ0n) is 19.8. The van der Waals surface area contributed by atoms with Gasteiger partial charge >= 0.3 is 0 Å². The number of carbonyl (C=O) groups excluding carboxylic acids is 3. The van der Waals surface area contributed by atoms with Crippen LogP contribution >= 0.6 is 23.7 Å². The summed E-state index contributed by atoms with van der Waals surface area (Å²) in [5.41, 5.74) is 1.75. The average Bonchev–Trinajstić information content (AvgIpc) is 3.46. The Kier molecular flexibility index (Phi) is 8.20. The Morgan fingerprint density at radius 2 is 1.78 bits per heavy atom. The van der Waals surface area contributed by atoms with E-state index in [1.807, 2.05) is 18.2 Å². The number of fused-ring (bicyclic) bond motifs is 1. The van der Waals surface area contributed by atoms with E-state index in [0.717, 1.165) is 29.1 Å². The topological polar surface area (TPSA) is 92.3 Å². The standard InChI is InChI=1S/C25H26N4O5S.ClH/c1-33-19-6-7-20-21(16-19)35-25(26-20)28(11-10-27-12-14-34-15-13-27)24(32)17-2-4-18(5-3-17)29-22(30)8-9-23(29)31;/h2-7,16H,8-15H2,1H3;1H. The number of carbonyl (C=O) groups is 3. The van der Waals surface area contributed by atoms with Crippen molar-refractivity contribution in [3.05, 3.63) is 48.0 Å². The van der Waals surface area contributed by atoms with E-state index in [1.165, 1.54) is 16.2 Å². The molecule has 3 aromatic rings. The number of nitrogens with zero attached hydrogens (tertiary/aromatic N) is 4. The van der Waals surface area contributed by atoms with E-state index in [-0.39, 0.29) is 43.0 Å². The minimum absolute atomic E-state index is 0. The van der Waals surface area contributed by atoms with Gasteiger partial charge in [-0.25, -0.2) is 4.98 Å². The van der Waals surface area contributed by atoms with Crippen molar-refractivity contribution in [1.29, 1.82) is 0 Å². The Labute approximate surface area is 219 Å². The number of imide groups is 1. The quantitative estimate of drug-likeness (QED) is 0.432. The van der Waals surface area contributed by atoms with Gasteiger partial charge in [0.2, 0.25) is 11.8 Å². The van der Waals surface area contributed by atoms with Crippen LogP contribution in [0.3, 0.4) is 0 Å². The number of hydrogen-bond acceptors (Lipinski definition) is 8. The molecule has 0 aliphatic carbocycles. The summed E-state index contributed by atoms with van der Waals surface area (Å²) in [5.74, 6) is 0.118. The number of methoxy groups -OCH3 is 1. The van der Waals surface area contributed by atoms with Gasteiger partial charge in [0.05, 0.1) is 36.2 Å². The number of benzene rings is 2. The molecule has 0 atom stereocenters. The highest BCUT2D eigenvalue weighted by Gasteiger charge is 2.30. The third-order valence-electron chi connectivity index (χ3n) is 6.23. The zero-order valence-corrected chi connectivity index (χ0v) is 21.5. The van der Waals surface area contributed by atoms with Gasteiger partial charge in [-0.05, 0) is 42.5 Å². The van der Waals surface area contributed by atoms with E-state index in [1.54, 1.807) is 36.3 Å². The van der Waals surface area contributed by atoms with Crippen LogP contribution in [0.5, 0.6) is 5.75 Å². The van der Waals surface area contributed by atoms with Crippen LogP contribution in [-0.4, -0.2) is 74.1 Å². The lowest BCUT2D eigenvalue weighted by Crippen LogP contribution is -2.43. The fourth-order valence-electron chi connectivity index (χ4n) is 4.26. The number of hydrogen-bond donors (Lipinski definition) is 0. The van der Waals surface area contributed by atoms with Gasteiger partial charge in [0, 0.05) is 44.6 Å². The molecule has 0 N–H and O–H groups in total. The molecule has 36 heavy (non-hydrogen) atoms. The number of thiazole rings is 1. The number of ether oxygens (including phenoxy) is 2. The van der Waals surface area contributed by atoms with Crippen LogP contribution < -0.4 is 14.5 Å². The second kappa shape index (κ2) is 11.3. The molecular formula is C25H27ClN4O5S. The monoisotopic (exact) mass is 530 g/mol. The second-order valence-corrected chi connectivity index (χ2v) is 9.42. The Morgan fingerprint density at radius 1 is 1.08 bits per heavy atom. The lowest BCUT2D eigenvalue weighted by molar-refractivity contribution is -0.121. The van der Waals surface area contributed by atoms with Crippen LogP contribution in [0.1, 0.15) is 23.2 Å². The lowest BCUT2D eigenvalue weighted by atomic mass is 10.1. The highest BCUT2D eigenvalue weighted by atomic mass is 35.5. The Bertz CT molecular complexity index is 1240.